The molecule has 0 spiro atoms. The molecule has 1 aromatic carbocycles. The Morgan fingerprint density at radius 2 is 1.84 bits per heavy atom. The van der Waals surface area contributed by atoms with Gasteiger partial charge in [0.25, 0.3) is 5.91 Å². The number of methoxy groups -OCH3 is 2. The molecule has 4 heteroatoms. The predicted octanol–water partition coefficient (Wildman–Crippen LogP) is 2.22. The minimum atomic E-state index is -0.524. The van der Waals surface area contributed by atoms with Gasteiger partial charge in [0.2, 0.25) is 0 Å². The van der Waals surface area contributed by atoms with Crippen LogP contribution in [0.15, 0.2) is 24.3 Å². The first kappa shape index (κ1) is 14.0. The third kappa shape index (κ3) is 2.96. The van der Waals surface area contributed by atoms with Crippen molar-refractivity contribution in [1.29, 1.82) is 0 Å². The van der Waals surface area contributed by atoms with Gasteiger partial charge in [-0.1, -0.05) is 17.7 Å². The normalized spacial score (nSPS) is 18.4. The number of ether oxygens (including phenoxy) is 2. The van der Waals surface area contributed by atoms with Crippen molar-refractivity contribution in [2.75, 3.05) is 27.3 Å². The molecule has 19 heavy (non-hydrogen) atoms. The summed E-state index contributed by atoms with van der Waals surface area (Å²) in [7, 11) is 3.31. The quantitative estimate of drug-likeness (QED) is 0.785. The summed E-state index contributed by atoms with van der Waals surface area (Å²) in [5.74, 6) is -0.437. The first-order valence-corrected chi connectivity index (χ1v) is 6.56. The highest BCUT2D eigenvalue weighted by Crippen LogP contribution is 2.27. The van der Waals surface area contributed by atoms with E-state index < -0.39 is 5.79 Å². The molecule has 4 nitrogen and oxygen atoms in total. The lowest BCUT2D eigenvalue weighted by Gasteiger charge is -2.39. The van der Waals surface area contributed by atoms with E-state index in [1.54, 1.807) is 14.2 Å². The number of carbonyl (C=O) groups excluding carboxylic acids is 1. The molecule has 0 N–H and O–H groups in total. The monoisotopic (exact) mass is 263 g/mol. The van der Waals surface area contributed by atoms with Gasteiger partial charge in [-0.05, 0) is 19.1 Å². The van der Waals surface area contributed by atoms with Crippen LogP contribution in [-0.2, 0) is 9.47 Å². The number of benzene rings is 1. The van der Waals surface area contributed by atoms with Crippen LogP contribution in [0, 0.1) is 6.92 Å². The first-order valence-electron chi connectivity index (χ1n) is 6.56. The summed E-state index contributed by atoms with van der Waals surface area (Å²) in [5.41, 5.74) is 1.85. The number of nitrogens with zero attached hydrogens (tertiary/aromatic N) is 1. The van der Waals surface area contributed by atoms with Crippen LogP contribution in [0.1, 0.15) is 28.8 Å². The standard InChI is InChI=1S/C15H21NO3/c1-12-5-4-6-13(11-12)14(17)16-9-7-15(18-2,19-3)8-10-16/h4-6,11H,7-10H2,1-3H3. The molecule has 0 bridgehead atoms. The largest absolute Gasteiger partial charge is 0.353 e. The molecule has 2 rings (SSSR count). The molecule has 0 aromatic heterocycles. The zero-order valence-corrected chi connectivity index (χ0v) is 11.8. The molecule has 0 unspecified atom stereocenters. The van der Waals surface area contributed by atoms with Crippen LogP contribution in [-0.4, -0.2) is 43.9 Å². The maximum atomic E-state index is 12.4. The van der Waals surface area contributed by atoms with Crippen molar-refractivity contribution in [1.82, 2.24) is 4.90 Å². The van der Waals surface area contributed by atoms with E-state index in [9.17, 15) is 4.79 Å². The minimum absolute atomic E-state index is 0.0875. The van der Waals surface area contributed by atoms with Crippen LogP contribution in [0.5, 0.6) is 0 Å². The van der Waals surface area contributed by atoms with E-state index in [-0.39, 0.29) is 5.91 Å². The average molecular weight is 263 g/mol. The van der Waals surface area contributed by atoms with Crippen LogP contribution >= 0.6 is 0 Å². The van der Waals surface area contributed by atoms with Gasteiger partial charge in [0.05, 0.1) is 0 Å². The molecular formula is C15H21NO3. The number of likely N-dealkylation sites (tertiary alicyclic amines) is 1. The minimum Gasteiger partial charge on any atom is -0.353 e. The van der Waals surface area contributed by atoms with Crippen molar-refractivity contribution < 1.29 is 14.3 Å². The number of hydrogen-bond acceptors (Lipinski definition) is 3. The Kier molecular flexibility index (Phi) is 4.22. The van der Waals surface area contributed by atoms with Crippen LogP contribution in [0.3, 0.4) is 0 Å². The topological polar surface area (TPSA) is 38.8 Å². The summed E-state index contributed by atoms with van der Waals surface area (Å²) in [6, 6.07) is 7.70. The Labute approximate surface area is 114 Å². The molecule has 1 fully saturated rings. The lowest BCUT2D eigenvalue weighted by atomic mass is 10.0. The summed E-state index contributed by atoms with van der Waals surface area (Å²) in [4.78, 5) is 14.3. The molecule has 1 aliphatic heterocycles. The number of rotatable bonds is 3. The second-order valence-electron chi connectivity index (χ2n) is 4.98. The smallest absolute Gasteiger partial charge is 0.253 e. The average Bonchev–Trinajstić information content (AvgIpc) is 2.46. The number of hydrogen-bond donors (Lipinski definition) is 0. The third-order valence-corrected chi connectivity index (χ3v) is 3.82. The van der Waals surface area contributed by atoms with Gasteiger partial charge in [-0.2, -0.15) is 0 Å². The maximum Gasteiger partial charge on any atom is 0.253 e. The molecule has 0 radical (unpaired) electrons. The number of piperidine rings is 1. The van der Waals surface area contributed by atoms with Gasteiger partial charge in [0.15, 0.2) is 5.79 Å². The Balaban J connectivity index is 2.04. The van der Waals surface area contributed by atoms with Crippen molar-refractivity contribution in [3.63, 3.8) is 0 Å². The molecule has 1 aliphatic rings. The summed E-state index contributed by atoms with van der Waals surface area (Å²) >= 11 is 0. The second kappa shape index (κ2) is 5.72. The predicted molar refractivity (Wildman–Crippen MR) is 73.1 cm³/mol. The van der Waals surface area contributed by atoms with Gasteiger partial charge in [-0.3, -0.25) is 4.79 Å². The van der Waals surface area contributed by atoms with Gasteiger partial charge in [-0.25, -0.2) is 0 Å². The first-order chi connectivity index (χ1) is 9.10. The van der Waals surface area contributed by atoms with E-state index in [0.29, 0.717) is 25.9 Å². The fraction of sp³-hybridized carbons (Fsp3) is 0.533. The van der Waals surface area contributed by atoms with E-state index in [2.05, 4.69) is 0 Å². The number of aryl methyl sites for hydroxylation is 1. The molecule has 104 valence electrons. The SMILES string of the molecule is COC1(OC)CCN(C(=O)c2cccc(C)c2)CC1. The van der Waals surface area contributed by atoms with Crippen molar-refractivity contribution in [3.8, 4) is 0 Å². The van der Waals surface area contributed by atoms with Gasteiger partial charge in [0.1, 0.15) is 0 Å². The number of carbonyl (C=O) groups is 1. The van der Waals surface area contributed by atoms with Crippen molar-refractivity contribution in [2.24, 2.45) is 0 Å². The molecule has 1 saturated heterocycles. The van der Waals surface area contributed by atoms with Gasteiger partial charge in [0, 0.05) is 45.7 Å². The molecule has 1 heterocycles. The van der Waals surface area contributed by atoms with E-state index >= 15 is 0 Å². The van der Waals surface area contributed by atoms with Crippen molar-refractivity contribution in [3.05, 3.63) is 35.4 Å². The van der Waals surface area contributed by atoms with Crippen molar-refractivity contribution >= 4 is 5.91 Å². The van der Waals surface area contributed by atoms with Gasteiger partial charge < -0.3 is 14.4 Å². The zero-order chi connectivity index (χ0) is 13.9. The Bertz CT molecular complexity index is 444. The summed E-state index contributed by atoms with van der Waals surface area (Å²) in [5, 5.41) is 0. The van der Waals surface area contributed by atoms with E-state index in [4.69, 9.17) is 9.47 Å². The highest BCUT2D eigenvalue weighted by molar-refractivity contribution is 5.94. The fourth-order valence-electron chi connectivity index (χ4n) is 2.50. The van der Waals surface area contributed by atoms with Crippen LogP contribution < -0.4 is 0 Å². The van der Waals surface area contributed by atoms with E-state index in [1.807, 2.05) is 36.1 Å². The van der Waals surface area contributed by atoms with Crippen LogP contribution in [0.4, 0.5) is 0 Å². The molecule has 0 saturated carbocycles. The Morgan fingerprint density at radius 1 is 1.21 bits per heavy atom. The summed E-state index contributed by atoms with van der Waals surface area (Å²) in [6.45, 7) is 3.32. The zero-order valence-electron chi connectivity index (χ0n) is 11.8. The molecule has 0 aliphatic carbocycles. The molecule has 1 aromatic rings. The molecule has 0 atom stereocenters. The second-order valence-corrected chi connectivity index (χ2v) is 4.98. The molecule has 1 amide bonds. The van der Waals surface area contributed by atoms with Gasteiger partial charge >= 0.3 is 0 Å². The maximum absolute atomic E-state index is 12.4. The Morgan fingerprint density at radius 3 is 2.37 bits per heavy atom. The van der Waals surface area contributed by atoms with E-state index in [1.165, 1.54) is 0 Å². The fourth-order valence-corrected chi connectivity index (χ4v) is 2.50. The van der Waals surface area contributed by atoms with Crippen LogP contribution in [0.2, 0.25) is 0 Å². The van der Waals surface area contributed by atoms with E-state index in [0.717, 1.165) is 11.1 Å². The van der Waals surface area contributed by atoms with Crippen LogP contribution in [0.25, 0.3) is 0 Å². The van der Waals surface area contributed by atoms with Gasteiger partial charge in [-0.15, -0.1) is 0 Å². The lowest BCUT2D eigenvalue weighted by Crippen LogP contribution is -2.48. The lowest BCUT2D eigenvalue weighted by molar-refractivity contribution is -0.226. The third-order valence-electron chi connectivity index (χ3n) is 3.82. The highest BCUT2D eigenvalue weighted by atomic mass is 16.7. The van der Waals surface area contributed by atoms with Crippen molar-refractivity contribution in [2.45, 2.75) is 25.6 Å². The molecular weight excluding hydrogens is 242 g/mol. The summed E-state index contributed by atoms with van der Waals surface area (Å²) in [6.07, 6.45) is 1.41. The number of amides is 1. The Hall–Kier alpha value is -1.39. The summed E-state index contributed by atoms with van der Waals surface area (Å²) < 4.78 is 10.8. The highest BCUT2D eigenvalue weighted by Gasteiger charge is 2.36.